The van der Waals surface area contributed by atoms with Gasteiger partial charge >= 0.3 is 12.0 Å². The quantitative estimate of drug-likeness (QED) is 0.581. The monoisotopic (exact) mass is 287 g/mol. The van der Waals surface area contributed by atoms with Gasteiger partial charge in [0.05, 0.1) is 0 Å². The lowest BCUT2D eigenvalue weighted by Gasteiger charge is -2.25. The number of hydrogen-bond acceptors (Lipinski definition) is 3. The second-order valence-corrected chi connectivity index (χ2v) is 5.22. The van der Waals surface area contributed by atoms with Gasteiger partial charge in [0.1, 0.15) is 12.6 Å². The number of carbonyl (C=O) groups is 3. The number of carboxylic acid groups (broad SMARTS) is 1. The molecule has 4 N–H and O–H groups in total. The Morgan fingerprint density at radius 1 is 1.30 bits per heavy atom. The van der Waals surface area contributed by atoms with E-state index in [2.05, 4.69) is 5.32 Å². The maximum atomic E-state index is 12.0. The Kier molecular flexibility index (Phi) is 8.35. The molecule has 0 saturated heterocycles. The first-order valence-electron chi connectivity index (χ1n) is 6.84. The number of rotatable bonds is 9. The molecule has 3 amide bonds. The molecule has 7 nitrogen and oxygen atoms in total. The molecule has 0 aliphatic carbocycles. The van der Waals surface area contributed by atoms with Crippen LogP contribution in [0.15, 0.2) is 0 Å². The SMILES string of the molecule is CCCC[C@H](NC(=O)N(CC(N)=O)CC(C)C)C(=O)O. The number of nitrogens with one attached hydrogen (secondary N) is 1. The molecule has 0 spiro atoms. The highest BCUT2D eigenvalue weighted by Gasteiger charge is 2.23. The number of aliphatic carboxylic acids is 1. The Morgan fingerprint density at radius 3 is 2.30 bits per heavy atom. The van der Waals surface area contributed by atoms with Crippen molar-refractivity contribution in [3.05, 3.63) is 0 Å². The van der Waals surface area contributed by atoms with E-state index in [1.807, 2.05) is 20.8 Å². The number of nitrogens with two attached hydrogens (primary N) is 1. The minimum Gasteiger partial charge on any atom is -0.480 e. The van der Waals surface area contributed by atoms with Crippen molar-refractivity contribution in [1.82, 2.24) is 10.2 Å². The first kappa shape index (κ1) is 18.2. The van der Waals surface area contributed by atoms with Crippen molar-refractivity contribution in [1.29, 1.82) is 0 Å². The van der Waals surface area contributed by atoms with Gasteiger partial charge in [0.25, 0.3) is 0 Å². The molecule has 0 rings (SSSR count). The zero-order valence-electron chi connectivity index (χ0n) is 12.4. The molecule has 20 heavy (non-hydrogen) atoms. The zero-order chi connectivity index (χ0) is 15.7. The minimum atomic E-state index is -1.07. The van der Waals surface area contributed by atoms with Crippen molar-refractivity contribution < 1.29 is 19.5 Å². The molecule has 1 atom stereocenters. The topological polar surface area (TPSA) is 113 Å². The summed E-state index contributed by atoms with van der Waals surface area (Å²) >= 11 is 0. The Bertz CT molecular complexity index is 345. The van der Waals surface area contributed by atoms with Gasteiger partial charge in [-0.05, 0) is 12.3 Å². The van der Waals surface area contributed by atoms with E-state index >= 15 is 0 Å². The number of carbonyl (C=O) groups excluding carboxylic acids is 2. The van der Waals surface area contributed by atoms with Crippen LogP contribution in [0.2, 0.25) is 0 Å². The third kappa shape index (κ3) is 7.60. The highest BCUT2D eigenvalue weighted by Crippen LogP contribution is 2.04. The van der Waals surface area contributed by atoms with Gasteiger partial charge in [0.2, 0.25) is 5.91 Å². The van der Waals surface area contributed by atoms with Crippen molar-refractivity contribution in [2.45, 2.75) is 46.1 Å². The third-order valence-electron chi connectivity index (χ3n) is 2.66. The molecule has 0 fully saturated rings. The Labute approximate surface area is 119 Å². The van der Waals surface area contributed by atoms with Crippen LogP contribution in [-0.2, 0) is 9.59 Å². The van der Waals surface area contributed by atoms with Gasteiger partial charge in [0, 0.05) is 6.54 Å². The first-order chi connectivity index (χ1) is 9.27. The second kappa shape index (κ2) is 9.17. The first-order valence-corrected chi connectivity index (χ1v) is 6.84. The smallest absolute Gasteiger partial charge is 0.326 e. The van der Waals surface area contributed by atoms with E-state index in [1.54, 1.807) is 0 Å². The number of amides is 3. The fourth-order valence-electron chi connectivity index (χ4n) is 1.75. The van der Waals surface area contributed by atoms with Gasteiger partial charge in [-0.25, -0.2) is 9.59 Å². The van der Waals surface area contributed by atoms with Gasteiger partial charge in [-0.1, -0.05) is 33.6 Å². The average molecular weight is 287 g/mol. The molecular formula is C13H25N3O4. The summed E-state index contributed by atoms with van der Waals surface area (Å²) in [4.78, 5) is 35.3. The van der Waals surface area contributed by atoms with Gasteiger partial charge in [-0.15, -0.1) is 0 Å². The van der Waals surface area contributed by atoms with E-state index in [0.29, 0.717) is 19.4 Å². The molecule has 0 saturated carbocycles. The molecule has 0 radical (unpaired) electrons. The molecule has 0 aromatic carbocycles. The molecular weight excluding hydrogens is 262 g/mol. The van der Waals surface area contributed by atoms with Crippen LogP contribution in [0, 0.1) is 5.92 Å². The van der Waals surface area contributed by atoms with Gasteiger partial charge in [-0.2, -0.15) is 0 Å². The highest BCUT2D eigenvalue weighted by molar-refractivity contribution is 5.86. The molecule has 0 heterocycles. The molecule has 0 aromatic rings. The summed E-state index contributed by atoms with van der Waals surface area (Å²) in [6.07, 6.45) is 1.91. The highest BCUT2D eigenvalue weighted by atomic mass is 16.4. The van der Waals surface area contributed by atoms with Crippen LogP contribution in [0.5, 0.6) is 0 Å². The van der Waals surface area contributed by atoms with Gasteiger partial charge in [-0.3, -0.25) is 4.79 Å². The zero-order valence-corrected chi connectivity index (χ0v) is 12.4. The van der Waals surface area contributed by atoms with E-state index in [4.69, 9.17) is 10.8 Å². The van der Waals surface area contributed by atoms with Crippen LogP contribution in [0.3, 0.4) is 0 Å². The maximum Gasteiger partial charge on any atom is 0.326 e. The lowest BCUT2D eigenvalue weighted by molar-refractivity contribution is -0.139. The number of urea groups is 1. The Balaban J connectivity index is 4.68. The average Bonchev–Trinajstić information content (AvgIpc) is 2.31. The predicted octanol–water partition coefficient (Wildman–Crippen LogP) is 0.783. The van der Waals surface area contributed by atoms with Crippen molar-refractivity contribution in [2.75, 3.05) is 13.1 Å². The van der Waals surface area contributed by atoms with E-state index in [0.717, 1.165) is 6.42 Å². The van der Waals surface area contributed by atoms with Crippen LogP contribution in [0.4, 0.5) is 4.79 Å². The van der Waals surface area contributed by atoms with Crippen LogP contribution in [0.1, 0.15) is 40.0 Å². The second-order valence-electron chi connectivity index (χ2n) is 5.22. The number of nitrogens with zero attached hydrogens (tertiary/aromatic N) is 1. The van der Waals surface area contributed by atoms with Crippen molar-refractivity contribution in [2.24, 2.45) is 11.7 Å². The fourth-order valence-corrected chi connectivity index (χ4v) is 1.75. The van der Waals surface area contributed by atoms with Crippen molar-refractivity contribution in [3.63, 3.8) is 0 Å². The largest absolute Gasteiger partial charge is 0.480 e. The Morgan fingerprint density at radius 2 is 1.90 bits per heavy atom. The summed E-state index contributed by atoms with van der Waals surface area (Å²) in [6, 6.07) is -1.51. The summed E-state index contributed by atoms with van der Waals surface area (Å²) in [7, 11) is 0. The van der Waals surface area contributed by atoms with Crippen molar-refractivity contribution >= 4 is 17.9 Å². The van der Waals surface area contributed by atoms with E-state index in [9.17, 15) is 14.4 Å². The molecule has 0 aliphatic rings. The fraction of sp³-hybridized carbons (Fsp3) is 0.769. The summed E-state index contributed by atoms with van der Waals surface area (Å²) in [5.74, 6) is -1.55. The van der Waals surface area contributed by atoms with Gasteiger partial charge in [0.15, 0.2) is 0 Å². The summed E-state index contributed by atoms with van der Waals surface area (Å²) < 4.78 is 0. The standard InChI is InChI=1S/C13H25N3O4/c1-4-5-6-10(12(18)19)15-13(20)16(7-9(2)3)8-11(14)17/h9-10H,4-8H2,1-3H3,(H2,14,17)(H,15,20)(H,18,19)/t10-/m0/s1. The number of hydrogen-bond donors (Lipinski definition) is 3. The number of carboxylic acids is 1. The molecule has 0 aromatic heterocycles. The van der Waals surface area contributed by atoms with Crippen LogP contribution in [-0.4, -0.2) is 47.0 Å². The van der Waals surface area contributed by atoms with E-state index < -0.39 is 23.9 Å². The minimum absolute atomic E-state index is 0.152. The molecule has 0 bridgehead atoms. The summed E-state index contributed by atoms with van der Waals surface area (Å²) in [5, 5.41) is 11.5. The number of primary amides is 1. The molecule has 0 aliphatic heterocycles. The van der Waals surface area contributed by atoms with Crippen LogP contribution >= 0.6 is 0 Å². The molecule has 116 valence electrons. The van der Waals surface area contributed by atoms with Crippen LogP contribution in [0.25, 0.3) is 0 Å². The Hall–Kier alpha value is -1.79. The lowest BCUT2D eigenvalue weighted by atomic mass is 10.1. The molecule has 0 unspecified atom stereocenters. The predicted molar refractivity (Wildman–Crippen MR) is 75.1 cm³/mol. The van der Waals surface area contributed by atoms with E-state index in [1.165, 1.54) is 4.90 Å². The summed E-state index contributed by atoms with van der Waals surface area (Å²) in [6.45, 7) is 5.86. The molecule has 7 heteroatoms. The number of unbranched alkanes of at least 4 members (excludes halogenated alkanes) is 1. The van der Waals surface area contributed by atoms with Crippen molar-refractivity contribution in [3.8, 4) is 0 Å². The summed E-state index contributed by atoms with van der Waals surface area (Å²) in [5.41, 5.74) is 5.10. The lowest BCUT2D eigenvalue weighted by Crippen LogP contribution is -2.51. The third-order valence-corrected chi connectivity index (χ3v) is 2.66. The maximum absolute atomic E-state index is 12.0. The van der Waals surface area contributed by atoms with E-state index in [-0.39, 0.29) is 12.5 Å². The van der Waals surface area contributed by atoms with Gasteiger partial charge < -0.3 is 21.1 Å². The normalized spacial score (nSPS) is 12.0. The van der Waals surface area contributed by atoms with Crippen LogP contribution < -0.4 is 11.1 Å².